The Labute approximate surface area is 600 Å². The summed E-state index contributed by atoms with van der Waals surface area (Å²) in [6.07, 6.45) is 65.7. The standard InChI is InChI=1S/C79H154O17P2/c1-5-9-13-17-20-23-26-29-32-34-36-38-40-42-45-48-51-54-58-62-66-79(84)96-75(70-90-77(82)64-60-56-52-49-46-44-41-39-37-35-33-30-27-24-21-18-14-10-6-2)72-94-98(87,88)92-68-73(80)67-91-97(85,86)93-71-74(69-89-76(81)63-59-55-16-12-8-4)95-78(83)65-61-57-53-50-47-43-31-28-25-22-19-15-11-7-3/h73-75,80H,5-72H2,1-4H3,(H,85,86)(H,87,88)/t73-,74+,75+/m0/s1. The van der Waals surface area contributed by atoms with Crippen molar-refractivity contribution in [3.63, 3.8) is 0 Å². The Kier molecular flexibility index (Phi) is 71.9. The largest absolute Gasteiger partial charge is 0.472 e. The number of unbranched alkanes of at least 4 members (excludes halogenated alkanes) is 54. The predicted octanol–water partition coefficient (Wildman–Crippen LogP) is 23.8. The molecule has 0 fully saturated rings. The van der Waals surface area contributed by atoms with Gasteiger partial charge < -0.3 is 33.8 Å². The van der Waals surface area contributed by atoms with Gasteiger partial charge in [0.05, 0.1) is 26.4 Å². The van der Waals surface area contributed by atoms with Gasteiger partial charge in [0.1, 0.15) is 19.3 Å². The molecule has 3 N–H and O–H groups in total. The molecule has 98 heavy (non-hydrogen) atoms. The SMILES string of the molecule is CCCCCCCCCCCCCCCCCCCCCCC(=O)O[C@H](COC(=O)CCCCCCCCCCCCCCCCCCCCC)COP(=O)(O)OC[C@@H](O)COP(=O)(O)OC[C@@H](COC(=O)CCCCCCC)OC(=O)CCCCCCCCCCCCCCCC. The Morgan fingerprint density at radius 1 is 0.245 bits per heavy atom. The third-order valence-corrected chi connectivity index (χ3v) is 20.5. The highest BCUT2D eigenvalue weighted by Gasteiger charge is 2.30. The van der Waals surface area contributed by atoms with Crippen molar-refractivity contribution in [2.75, 3.05) is 39.6 Å². The third-order valence-electron chi connectivity index (χ3n) is 18.6. The number of phosphoric acid groups is 2. The number of carbonyl (C=O) groups is 4. The molecule has 0 aliphatic carbocycles. The minimum Gasteiger partial charge on any atom is -0.462 e. The fraction of sp³-hybridized carbons (Fsp3) is 0.949. The predicted molar refractivity (Wildman–Crippen MR) is 400 cm³/mol. The van der Waals surface area contributed by atoms with Gasteiger partial charge in [-0.05, 0) is 25.7 Å². The highest BCUT2D eigenvalue weighted by atomic mass is 31.2. The zero-order valence-electron chi connectivity index (χ0n) is 63.8. The van der Waals surface area contributed by atoms with E-state index in [2.05, 4.69) is 27.7 Å². The summed E-state index contributed by atoms with van der Waals surface area (Å²) >= 11 is 0. The summed E-state index contributed by atoms with van der Waals surface area (Å²) in [5.74, 6) is -2.12. The summed E-state index contributed by atoms with van der Waals surface area (Å²) in [4.78, 5) is 72.6. The maximum Gasteiger partial charge on any atom is 0.472 e. The van der Waals surface area contributed by atoms with Crippen molar-refractivity contribution in [1.29, 1.82) is 0 Å². The number of esters is 4. The van der Waals surface area contributed by atoms with Crippen LogP contribution in [0.25, 0.3) is 0 Å². The lowest BCUT2D eigenvalue weighted by Crippen LogP contribution is -2.30. The molecule has 0 bridgehead atoms. The van der Waals surface area contributed by atoms with Crippen LogP contribution in [-0.4, -0.2) is 96.7 Å². The van der Waals surface area contributed by atoms with E-state index >= 15 is 0 Å². The number of rotatable bonds is 80. The Bertz CT molecular complexity index is 1860. The van der Waals surface area contributed by atoms with E-state index in [1.54, 1.807) is 0 Å². The average Bonchev–Trinajstić information content (AvgIpc) is 1.11. The van der Waals surface area contributed by atoms with Crippen LogP contribution in [0.1, 0.15) is 426 Å². The number of ether oxygens (including phenoxy) is 4. The van der Waals surface area contributed by atoms with E-state index in [4.69, 9.17) is 37.0 Å². The highest BCUT2D eigenvalue weighted by molar-refractivity contribution is 7.47. The van der Waals surface area contributed by atoms with Crippen molar-refractivity contribution >= 4 is 39.5 Å². The van der Waals surface area contributed by atoms with Crippen LogP contribution in [0.2, 0.25) is 0 Å². The van der Waals surface area contributed by atoms with Gasteiger partial charge in [-0.3, -0.25) is 37.3 Å². The fourth-order valence-electron chi connectivity index (χ4n) is 12.3. The second-order valence-corrected chi connectivity index (χ2v) is 31.4. The molecule has 0 saturated carbocycles. The Morgan fingerprint density at radius 2 is 0.408 bits per heavy atom. The van der Waals surface area contributed by atoms with Gasteiger partial charge in [-0.15, -0.1) is 0 Å². The first-order chi connectivity index (χ1) is 47.7. The summed E-state index contributed by atoms with van der Waals surface area (Å²) in [5.41, 5.74) is 0. The molecule has 19 heteroatoms. The lowest BCUT2D eigenvalue weighted by Gasteiger charge is -2.21. The second-order valence-electron chi connectivity index (χ2n) is 28.5. The summed E-state index contributed by atoms with van der Waals surface area (Å²) in [7, 11) is -9.90. The van der Waals surface area contributed by atoms with E-state index in [1.165, 1.54) is 250 Å². The minimum absolute atomic E-state index is 0.108. The van der Waals surface area contributed by atoms with E-state index in [-0.39, 0.29) is 25.7 Å². The summed E-state index contributed by atoms with van der Waals surface area (Å²) in [6, 6.07) is 0. The molecular formula is C79H154O17P2. The van der Waals surface area contributed by atoms with Crippen LogP contribution in [0.5, 0.6) is 0 Å². The van der Waals surface area contributed by atoms with Crippen molar-refractivity contribution in [3.05, 3.63) is 0 Å². The van der Waals surface area contributed by atoms with Gasteiger partial charge in [-0.25, -0.2) is 9.13 Å². The molecular weight excluding hydrogens is 1280 g/mol. The summed E-state index contributed by atoms with van der Waals surface area (Å²) in [5, 5.41) is 10.6. The first-order valence-electron chi connectivity index (χ1n) is 41.3. The van der Waals surface area contributed by atoms with E-state index in [1.807, 2.05) is 0 Å². The maximum atomic E-state index is 13.1. The second kappa shape index (κ2) is 73.4. The molecule has 2 unspecified atom stereocenters. The maximum absolute atomic E-state index is 13.1. The number of carbonyl (C=O) groups excluding carboxylic acids is 4. The van der Waals surface area contributed by atoms with Gasteiger partial charge >= 0.3 is 39.5 Å². The van der Waals surface area contributed by atoms with Crippen LogP contribution in [0.4, 0.5) is 0 Å². The number of hydrogen-bond acceptors (Lipinski definition) is 15. The van der Waals surface area contributed by atoms with Crippen LogP contribution in [-0.2, 0) is 65.4 Å². The minimum atomic E-state index is -4.96. The van der Waals surface area contributed by atoms with Gasteiger partial charge in [0, 0.05) is 25.7 Å². The highest BCUT2D eigenvalue weighted by Crippen LogP contribution is 2.45. The first kappa shape index (κ1) is 96.1. The molecule has 0 aliphatic heterocycles. The van der Waals surface area contributed by atoms with Gasteiger partial charge in [0.25, 0.3) is 0 Å². The summed E-state index contributed by atoms with van der Waals surface area (Å²) < 4.78 is 68.4. The molecule has 0 rings (SSSR count). The molecule has 0 aromatic heterocycles. The van der Waals surface area contributed by atoms with Crippen molar-refractivity contribution < 1.29 is 80.2 Å². The number of phosphoric ester groups is 2. The van der Waals surface area contributed by atoms with E-state index in [0.717, 1.165) is 96.3 Å². The van der Waals surface area contributed by atoms with Crippen molar-refractivity contribution in [3.8, 4) is 0 Å². The van der Waals surface area contributed by atoms with Crippen molar-refractivity contribution in [2.24, 2.45) is 0 Å². The smallest absolute Gasteiger partial charge is 0.462 e. The molecule has 0 heterocycles. The van der Waals surface area contributed by atoms with Crippen molar-refractivity contribution in [2.45, 2.75) is 444 Å². The zero-order chi connectivity index (χ0) is 71.8. The van der Waals surface area contributed by atoms with Crippen LogP contribution in [0, 0.1) is 0 Å². The van der Waals surface area contributed by atoms with Gasteiger partial charge in [-0.1, -0.05) is 374 Å². The Balaban J connectivity index is 5.12. The normalized spacial score (nSPS) is 13.8. The van der Waals surface area contributed by atoms with Crippen molar-refractivity contribution in [1.82, 2.24) is 0 Å². The van der Waals surface area contributed by atoms with E-state index < -0.39 is 97.5 Å². The molecule has 0 aromatic rings. The van der Waals surface area contributed by atoms with Crippen LogP contribution < -0.4 is 0 Å². The molecule has 0 aliphatic rings. The Hall–Kier alpha value is -1.94. The van der Waals surface area contributed by atoms with Crippen LogP contribution in [0.15, 0.2) is 0 Å². The van der Waals surface area contributed by atoms with E-state index in [9.17, 15) is 43.2 Å². The number of aliphatic hydroxyl groups is 1. The molecule has 0 radical (unpaired) electrons. The van der Waals surface area contributed by atoms with Gasteiger partial charge in [0.15, 0.2) is 12.2 Å². The molecule has 5 atom stereocenters. The summed E-state index contributed by atoms with van der Waals surface area (Å²) in [6.45, 7) is 4.92. The van der Waals surface area contributed by atoms with Gasteiger partial charge in [0.2, 0.25) is 0 Å². The monoisotopic (exact) mass is 1440 g/mol. The first-order valence-corrected chi connectivity index (χ1v) is 44.3. The van der Waals surface area contributed by atoms with Crippen LogP contribution in [0.3, 0.4) is 0 Å². The lowest BCUT2D eigenvalue weighted by molar-refractivity contribution is -0.161. The fourth-order valence-corrected chi connectivity index (χ4v) is 13.9. The number of hydrogen-bond donors (Lipinski definition) is 3. The molecule has 0 saturated heterocycles. The molecule has 582 valence electrons. The molecule has 0 amide bonds. The van der Waals surface area contributed by atoms with E-state index in [0.29, 0.717) is 25.7 Å². The third kappa shape index (κ3) is 72.4. The topological polar surface area (TPSA) is 237 Å². The average molecular weight is 1440 g/mol. The lowest BCUT2D eigenvalue weighted by atomic mass is 10.0. The van der Waals surface area contributed by atoms with Crippen LogP contribution >= 0.6 is 15.6 Å². The molecule has 0 aromatic carbocycles. The quantitative estimate of drug-likeness (QED) is 0.0222. The molecule has 17 nitrogen and oxygen atoms in total. The Morgan fingerprint density at radius 3 is 0.602 bits per heavy atom. The number of aliphatic hydroxyl groups excluding tert-OH is 1. The van der Waals surface area contributed by atoms with Gasteiger partial charge in [-0.2, -0.15) is 0 Å². The molecule has 0 spiro atoms. The zero-order valence-corrected chi connectivity index (χ0v) is 65.6.